The Balaban J connectivity index is 2.30. The summed E-state index contributed by atoms with van der Waals surface area (Å²) in [6.07, 6.45) is 5.08. The lowest BCUT2D eigenvalue weighted by Crippen LogP contribution is -2.41. The number of carbonyl (C=O) groups is 1. The summed E-state index contributed by atoms with van der Waals surface area (Å²) in [6.45, 7) is 6.23. The minimum absolute atomic E-state index is 0.0246. The van der Waals surface area contributed by atoms with Crippen molar-refractivity contribution in [2.24, 2.45) is 11.3 Å². The highest BCUT2D eigenvalue weighted by atomic mass is 127. The smallest absolute Gasteiger partial charge is 0.316 e. The Hall–Kier alpha value is -1.08. The number of rotatable bonds is 6. The molecule has 1 aliphatic rings. The van der Waals surface area contributed by atoms with Crippen molar-refractivity contribution >= 4 is 28.6 Å². The molecule has 0 amide bonds. The molecule has 0 saturated heterocycles. The van der Waals surface area contributed by atoms with E-state index in [1.165, 1.54) is 9.13 Å². The summed E-state index contributed by atoms with van der Waals surface area (Å²) in [5, 5.41) is 9.90. The number of aliphatic hydroxyl groups excluding tert-OH is 1. The molecule has 1 aromatic carbocycles. The number of aliphatic hydroxyl groups is 1. The molecule has 0 aliphatic heterocycles. The third-order valence-corrected chi connectivity index (χ3v) is 6.12. The number of hydrogen-bond acceptors (Lipinski definition) is 4. The number of aryl methyl sites for hydroxylation is 2. The maximum Gasteiger partial charge on any atom is 0.316 e. The number of esters is 1. The van der Waals surface area contributed by atoms with Crippen molar-refractivity contribution in [1.82, 2.24) is 0 Å². The van der Waals surface area contributed by atoms with Crippen LogP contribution in [0.1, 0.15) is 37.8 Å². The Kier molecular flexibility index (Phi) is 6.91. The zero-order valence-electron chi connectivity index (χ0n) is 15.3. The fourth-order valence-electron chi connectivity index (χ4n) is 3.51. The van der Waals surface area contributed by atoms with Crippen molar-refractivity contribution < 1.29 is 19.4 Å². The predicted octanol–water partition coefficient (Wildman–Crippen LogP) is 4.05. The standard InChI is InChI=1S/C20H27IO4/c1-5-25-19(23)20(9-7-16(22)11-14(20)3)8-6-15-12-18(24-4)13(2)10-17(15)21/h7,9-10,12,14,16,22H,5-6,8,11H2,1-4H3/t14-,16-,20+/m1/s1. The normalized spacial score (nSPS) is 25.7. The first-order valence-corrected chi connectivity index (χ1v) is 9.79. The number of carbonyl (C=O) groups excluding carboxylic acids is 1. The maximum absolute atomic E-state index is 12.7. The van der Waals surface area contributed by atoms with Gasteiger partial charge < -0.3 is 14.6 Å². The highest BCUT2D eigenvalue weighted by Crippen LogP contribution is 2.42. The number of halogens is 1. The summed E-state index contributed by atoms with van der Waals surface area (Å²) in [5.41, 5.74) is 1.58. The molecule has 3 atom stereocenters. The zero-order valence-corrected chi connectivity index (χ0v) is 17.5. The second kappa shape index (κ2) is 8.54. The fraction of sp³-hybridized carbons (Fsp3) is 0.550. The molecule has 0 unspecified atom stereocenters. The van der Waals surface area contributed by atoms with Gasteiger partial charge in [-0.1, -0.05) is 19.1 Å². The second-order valence-corrected chi connectivity index (χ2v) is 7.90. The molecule has 0 aromatic heterocycles. The largest absolute Gasteiger partial charge is 0.496 e. The van der Waals surface area contributed by atoms with E-state index in [9.17, 15) is 9.90 Å². The second-order valence-electron chi connectivity index (χ2n) is 6.74. The molecule has 5 heteroatoms. The summed E-state index contributed by atoms with van der Waals surface area (Å²) in [5.74, 6) is 0.694. The summed E-state index contributed by atoms with van der Waals surface area (Å²) in [7, 11) is 1.67. The van der Waals surface area contributed by atoms with E-state index < -0.39 is 11.5 Å². The maximum atomic E-state index is 12.7. The number of hydrogen-bond donors (Lipinski definition) is 1. The number of benzene rings is 1. The summed E-state index contributed by atoms with van der Waals surface area (Å²) < 4.78 is 12.0. The lowest BCUT2D eigenvalue weighted by molar-refractivity contribution is -0.156. The molecule has 0 saturated carbocycles. The predicted molar refractivity (Wildman–Crippen MR) is 107 cm³/mol. The van der Waals surface area contributed by atoms with Gasteiger partial charge in [0.2, 0.25) is 0 Å². The molecule has 0 radical (unpaired) electrons. The van der Waals surface area contributed by atoms with E-state index in [1.54, 1.807) is 13.2 Å². The van der Waals surface area contributed by atoms with Crippen molar-refractivity contribution in [2.75, 3.05) is 13.7 Å². The fourth-order valence-corrected chi connectivity index (χ4v) is 4.41. The van der Waals surface area contributed by atoms with E-state index >= 15 is 0 Å². The van der Waals surface area contributed by atoms with Gasteiger partial charge in [0.15, 0.2) is 0 Å². The quantitative estimate of drug-likeness (QED) is 0.397. The van der Waals surface area contributed by atoms with Gasteiger partial charge >= 0.3 is 5.97 Å². The van der Waals surface area contributed by atoms with Crippen LogP contribution in [0.25, 0.3) is 0 Å². The Bertz CT molecular complexity index is 655. The van der Waals surface area contributed by atoms with Crippen LogP contribution < -0.4 is 4.74 Å². The Morgan fingerprint density at radius 2 is 2.16 bits per heavy atom. The van der Waals surface area contributed by atoms with Gasteiger partial charge in [0.1, 0.15) is 5.75 Å². The average Bonchev–Trinajstić information content (AvgIpc) is 2.56. The van der Waals surface area contributed by atoms with Crippen LogP contribution in [0.5, 0.6) is 5.75 Å². The van der Waals surface area contributed by atoms with Gasteiger partial charge in [0.05, 0.1) is 25.2 Å². The first-order chi connectivity index (χ1) is 11.8. The third-order valence-electron chi connectivity index (χ3n) is 5.12. The summed E-state index contributed by atoms with van der Waals surface area (Å²) >= 11 is 2.33. The monoisotopic (exact) mass is 458 g/mol. The van der Waals surface area contributed by atoms with Gasteiger partial charge in [-0.15, -0.1) is 0 Å². The van der Waals surface area contributed by atoms with Gasteiger partial charge in [-0.05, 0) is 84.9 Å². The lowest BCUT2D eigenvalue weighted by atomic mass is 9.67. The topological polar surface area (TPSA) is 55.8 Å². The zero-order chi connectivity index (χ0) is 18.6. The molecule has 0 heterocycles. The van der Waals surface area contributed by atoms with Crippen LogP contribution >= 0.6 is 22.6 Å². The van der Waals surface area contributed by atoms with Crippen LogP contribution in [0.15, 0.2) is 24.3 Å². The molecule has 0 bridgehead atoms. The third kappa shape index (κ3) is 4.37. The highest BCUT2D eigenvalue weighted by molar-refractivity contribution is 14.1. The van der Waals surface area contributed by atoms with Gasteiger partial charge in [0.25, 0.3) is 0 Å². The Morgan fingerprint density at radius 3 is 2.76 bits per heavy atom. The van der Waals surface area contributed by atoms with Gasteiger partial charge in [-0.25, -0.2) is 0 Å². The molecule has 138 valence electrons. The molecule has 25 heavy (non-hydrogen) atoms. The van der Waals surface area contributed by atoms with E-state index in [-0.39, 0.29) is 11.9 Å². The molecule has 0 spiro atoms. The first-order valence-electron chi connectivity index (χ1n) is 8.71. The van der Waals surface area contributed by atoms with E-state index in [2.05, 4.69) is 34.7 Å². The van der Waals surface area contributed by atoms with Crippen molar-refractivity contribution in [3.63, 3.8) is 0 Å². The molecule has 1 aliphatic carbocycles. The number of ether oxygens (including phenoxy) is 2. The van der Waals surface area contributed by atoms with Gasteiger partial charge in [0, 0.05) is 3.57 Å². The first kappa shape index (κ1) is 20.2. The van der Waals surface area contributed by atoms with Crippen molar-refractivity contribution in [2.45, 2.75) is 46.1 Å². The number of methoxy groups -OCH3 is 1. The summed E-state index contributed by atoms with van der Waals surface area (Å²) in [4.78, 5) is 12.7. The van der Waals surface area contributed by atoms with Gasteiger partial charge in [-0.3, -0.25) is 4.79 Å². The lowest BCUT2D eigenvalue weighted by Gasteiger charge is -2.38. The van der Waals surface area contributed by atoms with Crippen LogP contribution in [0.4, 0.5) is 0 Å². The van der Waals surface area contributed by atoms with E-state index in [1.807, 2.05) is 26.8 Å². The molecule has 0 fully saturated rings. The van der Waals surface area contributed by atoms with Crippen LogP contribution in [0.2, 0.25) is 0 Å². The van der Waals surface area contributed by atoms with E-state index in [0.717, 1.165) is 17.7 Å². The molecular weight excluding hydrogens is 431 g/mol. The van der Waals surface area contributed by atoms with Crippen LogP contribution in [0, 0.1) is 21.8 Å². The minimum atomic E-state index is -0.684. The van der Waals surface area contributed by atoms with E-state index in [4.69, 9.17) is 9.47 Å². The summed E-state index contributed by atoms with van der Waals surface area (Å²) in [6, 6.07) is 4.16. The molecule has 1 N–H and O–H groups in total. The van der Waals surface area contributed by atoms with Crippen molar-refractivity contribution in [3.8, 4) is 5.75 Å². The minimum Gasteiger partial charge on any atom is -0.496 e. The SMILES string of the molecule is CCOC(=O)[C@@]1(CCc2cc(OC)c(C)cc2I)C=C[C@@H](O)C[C@H]1C. The van der Waals surface area contributed by atoms with Crippen LogP contribution in [-0.2, 0) is 16.0 Å². The molecule has 1 aromatic rings. The molecular formula is C20H27IO4. The van der Waals surface area contributed by atoms with Crippen LogP contribution in [-0.4, -0.2) is 30.9 Å². The Morgan fingerprint density at radius 1 is 1.44 bits per heavy atom. The molecule has 4 nitrogen and oxygen atoms in total. The Labute approximate surface area is 163 Å². The molecule has 2 rings (SSSR count). The average molecular weight is 458 g/mol. The van der Waals surface area contributed by atoms with Gasteiger partial charge in [-0.2, -0.15) is 0 Å². The highest BCUT2D eigenvalue weighted by Gasteiger charge is 2.44. The van der Waals surface area contributed by atoms with Crippen molar-refractivity contribution in [3.05, 3.63) is 39.0 Å². The van der Waals surface area contributed by atoms with Crippen LogP contribution in [0.3, 0.4) is 0 Å². The van der Waals surface area contributed by atoms with E-state index in [0.29, 0.717) is 19.4 Å². The van der Waals surface area contributed by atoms with Crippen molar-refractivity contribution in [1.29, 1.82) is 0 Å².